The summed E-state index contributed by atoms with van der Waals surface area (Å²) in [7, 11) is 3.34. The minimum atomic E-state index is -0.733. The molecular weight excluding hydrogens is 781 g/mol. The molecule has 0 bridgehead atoms. The van der Waals surface area contributed by atoms with Gasteiger partial charge in [0.1, 0.15) is 35.9 Å². The zero-order chi connectivity index (χ0) is 45.4. The van der Waals surface area contributed by atoms with E-state index in [-0.39, 0.29) is 49.2 Å². The molecule has 12 heteroatoms. The van der Waals surface area contributed by atoms with Crippen molar-refractivity contribution in [3.63, 3.8) is 0 Å². The number of carbonyl (C=O) groups excluding carboxylic acids is 4. The highest BCUT2D eigenvalue weighted by molar-refractivity contribution is 5.69. The molecule has 0 atom stereocenters. The molecule has 0 spiro atoms. The van der Waals surface area contributed by atoms with Crippen LogP contribution in [0.15, 0.2) is 72.8 Å². The average molecular weight is 853 g/mol. The van der Waals surface area contributed by atoms with Crippen molar-refractivity contribution in [1.29, 1.82) is 0 Å². The van der Waals surface area contributed by atoms with Gasteiger partial charge >= 0.3 is 24.2 Å². The summed E-state index contributed by atoms with van der Waals surface area (Å²) in [5, 5.41) is 0. The summed E-state index contributed by atoms with van der Waals surface area (Å²) in [5.41, 5.74) is 1.65. The quantitative estimate of drug-likeness (QED) is 0.0490. The molecular formula is C49H72O12. The molecule has 61 heavy (non-hydrogen) atoms. The van der Waals surface area contributed by atoms with Gasteiger partial charge < -0.3 is 37.9 Å². The standard InChI is InChI=1S/C27H36O6.C21H32O6.CH4/c1-19(28)31-22-13-9-20(10-14-22)27(6,7)21-11-15-23(16-12-21)32-24(29)33-26(4,5)18-17-25(2,3)30-8;1-7-18(22)25-14-16-8-10-17(11-9-16)15-26-19(23)27-21(4,5)13-12-20(2,3)24-6;/h9-16H,17-18H2,1-8H3;8-11H,7,12-15H2,1-6H3;1H4. The fourth-order valence-electron chi connectivity index (χ4n) is 5.46. The summed E-state index contributed by atoms with van der Waals surface area (Å²) in [6.45, 7) is 23.1. The van der Waals surface area contributed by atoms with E-state index >= 15 is 0 Å². The normalized spacial score (nSPS) is 11.8. The van der Waals surface area contributed by atoms with E-state index in [0.29, 0.717) is 30.8 Å². The van der Waals surface area contributed by atoms with Gasteiger partial charge in [-0.3, -0.25) is 9.59 Å². The highest BCUT2D eigenvalue weighted by atomic mass is 16.7. The molecule has 0 saturated carbocycles. The number of carbonyl (C=O) groups is 4. The minimum Gasteiger partial charge on any atom is -0.461 e. The number of ether oxygens (including phenoxy) is 8. The Bertz CT molecular complexity index is 1810. The van der Waals surface area contributed by atoms with Gasteiger partial charge in [0.2, 0.25) is 0 Å². The summed E-state index contributed by atoms with van der Waals surface area (Å²) in [6, 6.07) is 22.1. The molecule has 0 amide bonds. The van der Waals surface area contributed by atoms with Crippen LogP contribution in [0, 0.1) is 0 Å². The van der Waals surface area contributed by atoms with E-state index in [1.165, 1.54) is 6.92 Å². The Labute approximate surface area is 364 Å². The zero-order valence-corrected chi connectivity index (χ0v) is 38.3. The molecule has 0 unspecified atom stereocenters. The maximum absolute atomic E-state index is 12.3. The number of rotatable bonds is 19. The number of hydrogen-bond donors (Lipinski definition) is 0. The Balaban J connectivity index is 0.000000613. The third-order valence-corrected chi connectivity index (χ3v) is 10.2. The van der Waals surface area contributed by atoms with E-state index in [9.17, 15) is 19.2 Å². The number of esters is 2. The molecule has 0 aromatic heterocycles. The monoisotopic (exact) mass is 853 g/mol. The van der Waals surface area contributed by atoms with Crippen LogP contribution < -0.4 is 9.47 Å². The molecule has 3 aromatic carbocycles. The van der Waals surface area contributed by atoms with Gasteiger partial charge in [0.15, 0.2) is 0 Å². The van der Waals surface area contributed by atoms with E-state index in [1.807, 2.05) is 104 Å². The van der Waals surface area contributed by atoms with Gasteiger partial charge in [-0.15, -0.1) is 0 Å². The van der Waals surface area contributed by atoms with E-state index in [0.717, 1.165) is 35.1 Å². The fraction of sp³-hybridized carbons (Fsp3) is 0.551. The predicted octanol–water partition coefficient (Wildman–Crippen LogP) is 11.8. The molecule has 3 rings (SSSR count). The molecule has 340 valence electrons. The van der Waals surface area contributed by atoms with Crippen LogP contribution in [-0.2, 0) is 56.6 Å². The molecule has 0 aliphatic rings. The van der Waals surface area contributed by atoms with Crippen LogP contribution in [0.3, 0.4) is 0 Å². The molecule has 0 aliphatic carbocycles. The van der Waals surface area contributed by atoms with E-state index in [4.69, 9.17) is 37.9 Å². The predicted molar refractivity (Wildman–Crippen MR) is 237 cm³/mol. The van der Waals surface area contributed by atoms with Crippen LogP contribution in [0.5, 0.6) is 11.5 Å². The van der Waals surface area contributed by atoms with Gasteiger partial charge in [0.05, 0.1) is 11.2 Å². The summed E-state index contributed by atoms with van der Waals surface area (Å²) in [6.07, 6.45) is 1.73. The second kappa shape index (κ2) is 23.9. The smallest absolute Gasteiger partial charge is 0.461 e. The van der Waals surface area contributed by atoms with Gasteiger partial charge in [0.25, 0.3) is 0 Å². The van der Waals surface area contributed by atoms with Crippen molar-refractivity contribution in [3.8, 4) is 11.5 Å². The second-order valence-corrected chi connectivity index (χ2v) is 17.6. The van der Waals surface area contributed by atoms with Crippen molar-refractivity contribution >= 4 is 24.2 Å². The van der Waals surface area contributed by atoms with E-state index < -0.39 is 23.5 Å². The van der Waals surface area contributed by atoms with Crippen molar-refractivity contribution in [1.82, 2.24) is 0 Å². The summed E-state index contributed by atoms with van der Waals surface area (Å²) in [4.78, 5) is 46.6. The Hall–Kier alpha value is -4.94. The lowest BCUT2D eigenvalue weighted by Gasteiger charge is -2.30. The van der Waals surface area contributed by atoms with Crippen LogP contribution in [-0.4, -0.2) is 60.9 Å². The Morgan fingerprint density at radius 2 is 0.852 bits per heavy atom. The van der Waals surface area contributed by atoms with Crippen molar-refractivity contribution in [3.05, 3.63) is 95.1 Å². The minimum absolute atomic E-state index is 0. The SMILES string of the molecule is C.CCC(=O)OCc1ccc(COC(=O)OC(C)(C)CCC(C)(C)OC)cc1.COC(C)(C)CCC(C)(C)OC(=O)Oc1ccc(C(C)(C)c2ccc(OC(C)=O)cc2)cc1. The summed E-state index contributed by atoms with van der Waals surface area (Å²) < 4.78 is 42.6. The van der Waals surface area contributed by atoms with Gasteiger partial charge in [-0.2, -0.15) is 0 Å². The number of methoxy groups -OCH3 is 2. The van der Waals surface area contributed by atoms with E-state index in [1.54, 1.807) is 45.4 Å². The Morgan fingerprint density at radius 3 is 1.23 bits per heavy atom. The number of benzene rings is 3. The average Bonchev–Trinajstić information content (AvgIpc) is 3.18. The lowest BCUT2D eigenvalue weighted by molar-refractivity contribution is -0.144. The molecule has 3 aromatic rings. The molecule has 0 heterocycles. The number of hydrogen-bond acceptors (Lipinski definition) is 12. The Morgan fingerprint density at radius 1 is 0.492 bits per heavy atom. The lowest BCUT2D eigenvalue weighted by atomic mass is 9.78. The maximum Gasteiger partial charge on any atom is 0.514 e. The van der Waals surface area contributed by atoms with Crippen LogP contribution in [0.25, 0.3) is 0 Å². The summed E-state index contributed by atoms with van der Waals surface area (Å²) in [5.74, 6) is 0.343. The maximum atomic E-state index is 12.3. The first kappa shape index (κ1) is 54.1. The lowest BCUT2D eigenvalue weighted by Crippen LogP contribution is -2.33. The van der Waals surface area contributed by atoms with Crippen molar-refractivity contribution < 1.29 is 57.1 Å². The topological polar surface area (TPSA) is 142 Å². The van der Waals surface area contributed by atoms with Crippen LogP contribution in [0.4, 0.5) is 9.59 Å². The first-order chi connectivity index (χ1) is 27.8. The first-order valence-electron chi connectivity index (χ1n) is 20.3. The van der Waals surface area contributed by atoms with Crippen molar-refractivity contribution in [2.24, 2.45) is 0 Å². The zero-order valence-electron chi connectivity index (χ0n) is 38.3. The van der Waals surface area contributed by atoms with Crippen LogP contribution >= 0.6 is 0 Å². The van der Waals surface area contributed by atoms with Crippen LogP contribution in [0.1, 0.15) is 145 Å². The highest BCUT2D eigenvalue weighted by Gasteiger charge is 2.30. The van der Waals surface area contributed by atoms with Gasteiger partial charge in [-0.25, -0.2) is 9.59 Å². The molecule has 0 aliphatic heterocycles. The van der Waals surface area contributed by atoms with Crippen molar-refractivity contribution in [2.75, 3.05) is 14.2 Å². The van der Waals surface area contributed by atoms with Crippen LogP contribution in [0.2, 0.25) is 0 Å². The fourth-order valence-corrected chi connectivity index (χ4v) is 5.46. The highest BCUT2D eigenvalue weighted by Crippen LogP contribution is 2.34. The molecule has 12 nitrogen and oxygen atoms in total. The van der Waals surface area contributed by atoms with Crippen molar-refractivity contribution in [2.45, 2.75) is 164 Å². The molecule has 0 fully saturated rings. The van der Waals surface area contributed by atoms with E-state index in [2.05, 4.69) is 13.8 Å². The molecule has 0 N–H and O–H groups in total. The summed E-state index contributed by atoms with van der Waals surface area (Å²) >= 11 is 0. The first-order valence-corrected chi connectivity index (χ1v) is 20.3. The molecule has 0 saturated heterocycles. The third kappa shape index (κ3) is 20.5. The van der Waals surface area contributed by atoms with Gasteiger partial charge in [0, 0.05) is 33.0 Å². The largest absolute Gasteiger partial charge is 0.514 e. The molecule has 0 radical (unpaired) electrons. The second-order valence-electron chi connectivity index (χ2n) is 17.6. The third-order valence-electron chi connectivity index (χ3n) is 10.2. The van der Waals surface area contributed by atoms with Gasteiger partial charge in [-0.05, 0) is 128 Å². The Kier molecular flexibility index (Phi) is 21.2. The van der Waals surface area contributed by atoms with Gasteiger partial charge in [-0.1, -0.05) is 76.7 Å².